The van der Waals surface area contributed by atoms with Crippen LogP contribution in [0.15, 0.2) is 4.99 Å². The molecule has 0 unspecified atom stereocenters. The molecule has 0 spiro atoms. The summed E-state index contributed by atoms with van der Waals surface area (Å²) >= 11 is 0. The molecular formula is C14H29NO3. The van der Waals surface area contributed by atoms with Crippen LogP contribution in [0.5, 0.6) is 0 Å². The van der Waals surface area contributed by atoms with Crippen molar-refractivity contribution in [1.29, 1.82) is 0 Å². The van der Waals surface area contributed by atoms with E-state index in [-0.39, 0.29) is 17.4 Å². The first kappa shape index (κ1) is 17.6. The summed E-state index contributed by atoms with van der Waals surface area (Å²) in [5.41, 5.74) is 0.580. The van der Waals surface area contributed by atoms with Crippen LogP contribution in [-0.2, 0) is 4.74 Å². The maximum atomic E-state index is 10.1. The Morgan fingerprint density at radius 2 is 1.67 bits per heavy atom. The second kappa shape index (κ2) is 7.22. The largest absolute Gasteiger partial charge is 0.390 e. The first-order valence-corrected chi connectivity index (χ1v) is 6.53. The van der Waals surface area contributed by atoms with Crippen LogP contribution in [0.25, 0.3) is 0 Å². The Hall–Kier alpha value is -0.450. The van der Waals surface area contributed by atoms with Crippen molar-refractivity contribution in [3.63, 3.8) is 0 Å². The molecule has 0 aromatic heterocycles. The standard InChI is InChI=1S/C14H29NO3/c1-9(2)13(18-7)11(12(17)10(3)16)15-8-14(4,5)6/h9-10,12-13,16-17H,8H2,1-7H3/b15-11-/t10-,12+,13+/m1/s1. The van der Waals surface area contributed by atoms with Crippen molar-refractivity contribution in [1.82, 2.24) is 0 Å². The lowest BCUT2D eigenvalue weighted by Gasteiger charge is -2.27. The molecule has 0 aromatic rings. The van der Waals surface area contributed by atoms with Crippen molar-refractivity contribution >= 4 is 5.71 Å². The van der Waals surface area contributed by atoms with Gasteiger partial charge in [0.05, 0.1) is 17.9 Å². The fourth-order valence-corrected chi connectivity index (χ4v) is 1.66. The maximum Gasteiger partial charge on any atom is 0.120 e. The number of hydrogen-bond acceptors (Lipinski definition) is 4. The summed E-state index contributed by atoms with van der Waals surface area (Å²) in [7, 11) is 1.60. The molecule has 108 valence electrons. The summed E-state index contributed by atoms with van der Waals surface area (Å²) in [5.74, 6) is 0.196. The highest BCUT2D eigenvalue weighted by molar-refractivity contribution is 5.93. The molecule has 2 N–H and O–H groups in total. The summed E-state index contributed by atoms with van der Waals surface area (Å²) in [6.07, 6.45) is -2.09. The average molecular weight is 259 g/mol. The number of methoxy groups -OCH3 is 1. The Labute approximate surface area is 111 Å². The summed E-state index contributed by atoms with van der Waals surface area (Å²) in [6.45, 7) is 12.4. The molecule has 0 bridgehead atoms. The van der Waals surface area contributed by atoms with Crippen LogP contribution < -0.4 is 0 Å². The zero-order chi connectivity index (χ0) is 14.5. The van der Waals surface area contributed by atoms with Gasteiger partial charge in [0, 0.05) is 13.7 Å². The lowest BCUT2D eigenvalue weighted by molar-refractivity contribution is 0.0527. The van der Waals surface area contributed by atoms with Gasteiger partial charge in [0.1, 0.15) is 6.10 Å². The molecule has 0 heterocycles. The first-order valence-electron chi connectivity index (χ1n) is 6.53. The maximum absolute atomic E-state index is 10.1. The monoisotopic (exact) mass is 259 g/mol. The quantitative estimate of drug-likeness (QED) is 0.716. The van der Waals surface area contributed by atoms with Crippen LogP contribution >= 0.6 is 0 Å². The minimum atomic E-state index is -0.973. The molecule has 0 saturated heterocycles. The van der Waals surface area contributed by atoms with E-state index in [0.717, 1.165) is 0 Å². The van der Waals surface area contributed by atoms with Crippen LogP contribution in [0, 0.1) is 11.3 Å². The molecule has 18 heavy (non-hydrogen) atoms. The van der Waals surface area contributed by atoms with E-state index in [4.69, 9.17) is 4.74 Å². The van der Waals surface area contributed by atoms with E-state index < -0.39 is 12.2 Å². The van der Waals surface area contributed by atoms with Gasteiger partial charge in [-0.15, -0.1) is 0 Å². The van der Waals surface area contributed by atoms with Crippen LogP contribution in [0.2, 0.25) is 0 Å². The average Bonchev–Trinajstić information content (AvgIpc) is 2.20. The molecule has 0 aromatic carbocycles. The number of ether oxygens (including phenoxy) is 1. The van der Waals surface area contributed by atoms with Crippen molar-refractivity contribution in [2.24, 2.45) is 16.3 Å². The van der Waals surface area contributed by atoms with Crippen LogP contribution in [0.4, 0.5) is 0 Å². The molecule has 0 aliphatic rings. The molecule has 0 rings (SSSR count). The Balaban J connectivity index is 5.16. The third-order valence-electron chi connectivity index (χ3n) is 2.65. The van der Waals surface area contributed by atoms with Gasteiger partial charge in [-0.2, -0.15) is 0 Å². The number of hydrogen-bond donors (Lipinski definition) is 2. The van der Waals surface area contributed by atoms with E-state index in [1.165, 1.54) is 0 Å². The molecule has 4 heteroatoms. The smallest absolute Gasteiger partial charge is 0.120 e. The third-order valence-corrected chi connectivity index (χ3v) is 2.65. The van der Waals surface area contributed by atoms with Gasteiger partial charge >= 0.3 is 0 Å². The fourth-order valence-electron chi connectivity index (χ4n) is 1.66. The summed E-state index contributed by atoms with van der Waals surface area (Å²) in [6, 6.07) is 0. The van der Waals surface area contributed by atoms with Gasteiger partial charge in [-0.3, -0.25) is 4.99 Å². The number of aliphatic imine (C=N–C) groups is 1. The van der Waals surface area contributed by atoms with Gasteiger partial charge < -0.3 is 14.9 Å². The van der Waals surface area contributed by atoms with E-state index in [1.807, 2.05) is 13.8 Å². The van der Waals surface area contributed by atoms with E-state index in [9.17, 15) is 10.2 Å². The van der Waals surface area contributed by atoms with Crippen LogP contribution in [-0.4, -0.2) is 47.9 Å². The third kappa shape index (κ3) is 5.94. The Morgan fingerprint density at radius 3 is 1.94 bits per heavy atom. The van der Waals surface area contributed by atoms with Crippen LogP contribution in [0.1, 0.15) is 41.5 Å². The molecule has 0 aliphatic carbocycles. The number of aliphatic hydroxyl groups is 2. The summed E-state index contributed by atoms with van der Waals surface area (Å²) in [4.78, 5) is 4.49. The van der Waals surface area contributed by atoms with Gasteiger partial charge in [-0.05, 0) is 18.3 Å². The van der Waals surface area contributed by atoms with E-state index in [1.54, 1.807) is 14.0 Å². The first-order chi connectivity index (χ1) is 8.10. The molecule has 0 radical (unpaired) electrons. The van der Waals surface area contributed by atoms with Crippen LogP contribution in [0.3, 0.4) is 0 Å². The van der Waals surface area contributed by atoms with Gasteiger partial charge in [0.25, 0.3) is 0 Å². The van der Waals surface area contributed by atoms with Gasteiger partial charge in [-0.25, -0.2) is 0 Å². The van der Waals surface area contributed by atoms with Crippen molar-refractivity contribution in [3.05, 3.63) is 0 Å². The predicted octanol–water partition coefficient (Wildman–Crippen LogP) is 1.89. The molecule has 3 atom stereocenters. The lowest BCUT2D eigenvalue weighted by Crippen LogP contribution is -2.43. The number of rotatable bonds is 6. The Bertz CT molecular complexity index is 267. The van der Waals surface area contributed by atoms with Crippen molar-refractivity contribution in [2.75, 3.05) is 13.7 Å². The molecule has 0 aliphatic heterocycles. The summed E-state index contributed by atoms with van der Waals surface area (Å²) in [5, 5.41) is 19.6. The van der Waals surface area contributed by atoms with Gasteiger partial charge in [-0.1, -0.05) is 34.6 Å². The van der Waals surface area contributed by atoms with Gasteiger partial charge in [0.15, 0.2) is 0 Å². The van der Waals surface area contributed by atoms with Crippen molar-refractivity contribution < 1.29 is 14.9 Å². The second-order valence-electron chi connectivity index (χ2n) is 6.39. The number of aliphatic hydroxyl groups excluding tert-OH is 2. The lowest BCUT2D eigenvalue weighted by atomic mass is 9.94. The molecular weight excluding hydrogens is 230 g/mol. The van der Waals surface area contributed by atoms with Crippen molar-refractivity contribution in [3.8, 4) is 0 Å². The molecule has 0 saturated carbocycles. The Kier molecular flexibility index (Phi) is 7.04. The highest BCUT2D eigenvalue weighted by Gasteiger charge is 2.29. The van der Waals surface area contributed by atoms with E-state index in [2.05, 4.69) is 25.8 Å². The van der Waals surface area contributed by atoms with Gasteiger partial charge in [0.2, 0.25) is 0 Å². The highest BCUT2D eigenvalue weighted by Crippen LogP contribution is 2.17. The zero-order valence-electron chi connectivity index (χ0n) is 12.8. The van der Waals surface area contributed by atoms with E-state index in [0.29, 0.717) is 12.3 Å². The van der Waals surface area contributed by atoms with Crippen molar-refractivity contribution in [2.45, 2.75) is 59.9 Å². The fraction of sp³-hybridized carbons (Fsp3) is 0.929. The van der Waals surface area contributed by atoms with E-state index >= 15 is 0 Å². The Morgan fingerprint density at radius 1 is 1.17 bits per heavy atom. The molecule has 0 fully saturated rings. The minimum Gasteiger partial charge on any atom is -0.390 e. The topological polar surface area (TPSA) is 62.0 Å². The molecule has 0 amide bonds. The normalized spacial score (nSPS) is 18.9. The SMILES string of the molecule is CO[C@H](/C(=N\CC(C)(C)C)[C@@H](O)[C@@H](C)O)C(C)C. The highest BCUT2D eigenvalue weighted by atomic mass is 16.5. The predicted molar refractivity (Wildman–Crippen MR) is 75.1 cm³/mol. The minimum absolute atomic E-state index is 0.0406. The number of nitrogens with zero attached hydrogens (tertiary/aromatic N) is 1. The summed E-state index contributed by atoms with van der Waals surface area (Å²) < 4.78 is 5.41. The second-order valence-corrected chi connectivity index (χ2v) is 6.39. The zero-order valence-corrected chi connectivity index (χ0v) is 12.8. The molecule has 4 nitrogen and oxygen atoms in total.